The predicted molar refractivity (Wildman–Crippen MR) is 59.5 cm³/mol. The maximum atomic E-state index is 13.2. The zero-order chi connectivity index (χ0) is 13.5. The van der Waals surface area contributed by atoms with E-state index in [-0.39, 0.29) is 25.4 Å². The van der Waals surface area contributed by atoms with Gasteiger partial charge in [-0.1, -0.05) is 6.07 Å². The fourth-order valence-corrected chi connectivity index (χ4v) is 1.35. The van der Waals surface area contributed by atoms with E-state index in [1.807, 2.05) is 0 Å². The van der Waals surface area contributed by atoms with Gasteiger partial charge < -0.3 is 14.6 Å². The van der Waals surface area contributed by atoms with Crippen LogP contribution in [0.2, 0.25) is 0 Å². The van der Waals surface area contributed by atoms with E-state index >= 15 is 0 Å². The number of carboxylic acid groups (broad SMARTS) is 1. The molecule has 0 radical (unpaired) electrons. The molecule has 6 heteroatoms. The lowest BCUT2D eigenvalue weighted by Gasteiger charge is -2.13. The van der Waals surface area contributed by atoms with Crippen LogP contribution in [0.1, 0.15) is 13.3 Å². The van der Waals surface area contributed by atoms with E-state index < -0.39 is 23.7 Å². The summed E-state index contributed by atoms with van der Waals surface area (Å²) in [4.78, 5) is 10.7. The van der Waals surface area contributed by atoms with Crippen LogP contribution in [0.4, 0.5) is 8.78 Å². The summed E-state index contributed by atoms with van der Waals surface area (Å²) in [6, 6.07) is 3.56. The Hall–Kier alpha value is -1.69. The fourth-order valence-electron chi connectivity index (χ4n) is 1.35. The van der Waals surface area contributed by atoms with E-state index in [1.54, 1.807) is 6.92 Å². The number of ether oxygens (including phenoxy) is 2. The standard InChI is InChI=1S/C12H14F2O4/c1-2-17-10(12(15)16)6-7-18-9-5-3-4-8(13)11(9)14/h3-5,10H,2,6-7H2,1H3,(H,15,16). The van der Waals surface area contributed by atoms with Gasteiger partial charge in [-0.05, 0) is 19.1 Å². The van der Waals surface area contributed by atoms with Crippen molar-refractivity contribution in [3.8, 4) is 5.75 Å². The van der Waals surface area contributed by atoms with Crippen LogP contribution in [0.5, 0.6) is 5.75 Å². The highest BCUT2D eigenvalue weighted by molar-refractivity contribution is 5.72. The van der Waals surface area contributed by atoms with Gasteiger partial charge in [-0.25, -0.2) is 9.18 Å². The summed E-state index contributed by atoms with van der Waals surface area (Å²) in [6.45, 7) is 1.85. The molecule has 1 N–H and O–H groups in total. The molecule has 0 heterocycles. The van der Waals surface area contributed by atoms with Gasteiger partial charge in [0.1, 0.15) is 0 Å². The van der Waals surface area contributed by atoms with E-state index in [0.717, 1.165) is 6.07 Å². The number of carbonyl (C=O) groups is 1. The minimum atomic E-state index is -1.11. The molecule has 1 aromatic carbocycles. The number of rotatable bonds is 7. The summed E-state index contributed by atoms with van der Waals surface area (Å²) >= 11 is 0. The van der Waals surface area contributed by atoms with Crippen molar-refractivity contribution in [3.05, 3.63) is 29.8 Å². The van der Waals surface area contributed by atoms with E-state index in [9.17, 15) is 13.6 Å². The molecule has 1 unspecified atom stereocenters. The van der Waals surface area contributed by atoms with Crippen LogP contribution >= 0.6 is 0 Å². The third-order valence-corrected chi connectivity index (χ3v) is 2.20. The molecule has 4 nitrogen and oxygen atoms in total. The summed E-state index contributed by atoms with van der Waals surface area (Å²) in [6.07, 6.45) is -0.953. The summed E-state index contributed by atoms with van der Waals surface area (Å²) < 4.78 is 36.0. The highest BCUT2D eigenvalue weighted by Gasteiger charge is 2.17. The van der Waals surface area contributed by atoms with Crippen molar-refractivity contribution in [2.24, 2.45) is 0 Å². The average Bonchev–Trinajstić information content (AvgIpc) is 2.33. The smallest absolute Gasteiger partial charge is 0.332 e. The Kier molecular flexibility index (Phi) is 5.51. The lowest BCUT2D eigenvalue weighted by molar-refractivity contribution is -0.150. The maximum absolute atomic E-state index is 13.2. The van der Waals surface area contributed by atoms with Crippen LogP contribution in [0, 0.1) is 11.6 Å². The topological polar surface area (TPSA) is 55.8 Å². The normalized spacial score (nSPS) is 12.2. The number of carboxylic acids is 1. The van der Waals surface area contributed by atoms with Gasteiger partial charge in [0.15, 0.2) is 17.7 Å². The van der Waals surface area contributed by atoms with Gasteiger partial charge in [0.05, 0.1) is 6.61 Å². The Morgan fingerprint density at radius 2 is 2.17 bits per heavy atom. The molecule has 1 atom stereocenters. The van der Waals surface area contributed by atoms with Crippen molar-refractivity contribution in [3.63, 3.8) is 0 Å². The molecule has 0 amide bonds. The van der Waals surface area contributed by atoms with Gasteiger partial charge >= 0.3 is 5.97 Å². The molecule has 100 valence electrons. The first-order valence-electron chi connectivity index (χ1n) is 5.47. The van der Waals surface area contributed by atoms with Crippen molar-refractivity contribution in [2.45, 2.75) is 19.4 Å². The fraction of sp³-hybridized carbons (Fsp3) is 0.417. The minimum Gasteiger partial charge on any atom is -0.490 e. The first-order valence-corrected chi connectivity index (χ1v) is 5.47. The Morgan fingerprint density at radius 3 is 2.78 bits per heavy atom. The van der Waals surface area contributed by atoms with Gasteiger partial charge in [-0.3, -0.25) is 0 Å². The third kappa shape index (κ3) is 3.96. The highest BCUT2D eigenvalue weighted by Crippen LogP contribution is 2.19. The van der Waals surface area contributed by atoms with Crippen LogP contribution in [-0.2, 0) is 9.53 Å². The Morgan fingerprint density at radius 1 is 1.44 bits per heavy atom. The maximum Gasteiger partial charge on any atom is 0.332 e. The number of halogens is 2. The first kappa shape index (κ1) is 14.4. The lowest BCUT2D eigenvalue weighted by Crippen LogP contribution is -2.26. The van der Waals surface area contributed by atoms with Gasteiger partial charge in [0.2, 0.25) is 5.82 Å². The second kappa shape index (κ2) is 6.90. The number of hydrogen-bond acceptors (Lipinski definition) is 3. The summed E-state index contributed by atoms with van der Waals surface area (Å²) in [5.41, 5.74) is 0. The third-order valence-electron chi connectivity index (χ3n) is 2.20. The van der Waals surface area contributed by atoms with Crippen molar-refractivity contribution in [1.29, 1.82) is 0 Å². The summed E-state index contributed by atoms with van der Waals surface area (Å²) in [5.74, 6) is -3.44. The zero-order valence-electron chi connectivity index (χ0n) is 9.86. The SMILES string of the molecule is CCOC(CCOc1cccc(F)c1F)C(=O)O. The molecular weight excluding hydrogens is 246 g/mol. The minimum absolute atomic E-state index is 0.0547. The Bertz CT molecular complexity index is 409. The summed E-state index contributed by atoms with van der Waals surface area (Å²) in [5, 5.41) is 8.79. The Labute approximate surface area is 103 Å². The largest absolute Gasteiger partial charge is 0.490 e. The van der Waals surface area contributed by atoms with Gasteiger partial charge in [0.25, 0.3) is 0 Å². The van der Waals surface area contributed by atoms with E-state index in [1.165, 1.54) is 12.1 Å². The van der Waals surface area contributed by atoms with Gasteiger partial charge in [-0.15, -0.1) is 0 Å². The van der Waals surface area contributed by atoms with Crippen LogP contribution < -0.4 is 4.74 Å². The molecule has 0 aliphatic heterocycles. The molecule has 0 aromatic heterocycles. The molecular formula is C12H14F2O4. The molecule has 0 aliphatic carbocycles. The highest BCUT2D eigenvalue weighted by atomic mass is 19.2. The molecule has 0 aliphatic rings. The lowest BCUT2D eigenvalue weighted by atomic mass is 10.2. The van der Waals surface area contributed by atoms with Crippen LogP contribution in [0.15, 0.2) is 18.2 Å². The molecule has 0 fully saturated rings. The second-order valence-corrected chi connectivity index (χ2v) is 3.47. The van der Waals surface area contributed by atoms with Crippen LogP contribution in [0.3, 0.4) is 0 Å². The van der Waals surface area contributed by atoms with Crippen molar-refractivity contribution >= 4 is 5.97 Å². The monoisotopic (exact) mass is 260 g/mol. The predicted octanol–water partition coefficient (Wildman–Crippen LogP) is 2.22. The second-order valence-electron chi connectivity index (χ2n) is 3.47. The van der Waals surface area contributed by atoms with Crippen LogP contribution in [-0.4, -0.2) is 30.4 Å². The zero-order valence-corrected chi connectivity index (χ0v) is 9.86. The molecule has 0 saturated heterocycles. The van der Waals surface area contributed by atoms with E-state index in [4.69, 9.17) is 14.6 Å². The number of aliphatic carboxylic acids is 1. The molecule has 0 saturated carbocycles. The van der Waals surface area contributed by atoms with Crippen molar-refractivity contribution in [1.82, 2.24) is 0 Å². The van der Waals surface area contributed by atoms with Crippen LogP contribution in [0.25, 0.3) is 0 Å². The number of hydrogen-bond donors (Lipinski definition) is 1. The summed E-state index contributed by atoms with van der Waals surface area (Å²) in [7, 11) is 0. The molecule has 1 rings (SSSR count). The first-order chi connectivity index (χ1) is 8.56. The molecule has 1 aromatic rings. The van der Waals surface area contributed by atoms with Crippen molar-refractivity contribution in [2.75, 3.05) is 13.2 Å². The Balaban J connectivity index is 2.50. The average molecular weight is 260 g/mol. The molecule has 18 heavy (non-hydrogen) atoms. The number of benzene rings is 1. The quantitative estimate of drug-likeness (QED) is 0.816. The molecule has 0 spiro atoms. The van der Waals surface area contributed by atoms with Gasteiger partial charge in [-0.2, -0.15) is 4.39 Å². The van der Waals surface area contributed by atoms with E-state index in [2.05, 4.69) is 0 Å². The molecule has 0 bridgehead atoms. The van der Waals surface area contributed by atoms with Gasteiger partial charge in [0, 0.05) is 13.0 Å². The van der Waals surface area contributed by atoms with Crippen molar-refractivity contribution < 1.29 is 28.2 Å². The van der Waals surface area contributed by atoms with E-state index in [0.29, 0.717) is 0 Å².